The van der Waals surface area contributed by atoms with Crippen LogP contribution < -0.4 is 0 Å². The van der Waals surface area contributed by atoms with Gasteiger partial charge in [-0.15, -0.1) is 45.3 Å². The average molecular weight is 1440 g/mol. The number of thiophene rings is 4. The Kier molecular flexibility index (Phi) is 13.1. The lowest BCUT2D eigenvalue weighted by atomic mass is 9.84. The highest BCUT2D eigenvalue weighted by atomic mass is 32.1. The molecular weight excluding hydrogens is 1380 g/mol. The standard InChI is InChI=1S/C104H58S4/c1-3-19-71-61(15-1)17-13-29-75(71)99-81-25-9-5-21-77(81)97(78-22-6-10-26-82(78)99)64-36-31-59(32-37-64)68-42-47-74-89-57-96-90(58-95(89)107-93(74)55-68)101-88-54-67(40-35-63(88)45-51-91(101)105-96)66-41-46-73-70(53-66)44-48-85-86-50-52-92-102(104(86)108-103(73)85)87-49-43-69(56-94(87)106-92)60-33-38-65(39-34-60)98-79-23-7-11-27-83(79)100(84-28-12-8-24-80(84)98)76-30-14-18-62-16-2-4-20-72(62)76/h1-58H. The predicted molar refractivity (Wildman–Crippen MR) is 476 cm³/mol. The Morgan fingerprint density at radius 1 is 0.139 bits per heavy atom. The van der Waals surface area contributed by atoms with Gasteiger partial charge in [0.15, 0.2) is 0 Å². The highest BCUT2D eigenvalue weighted by Crippen LogP contribution is 2.52. The molecule has 0 nitrogen and oxygen atoms in total. The first-order valence-electron chi connectivity index (χ1n) is 37.1. The molecule has 0 unspecified atom stereocenters. The Balaban J connectivity index is 0.538. The van der Waals surface area contributed by atoms with Gasteiger partial charge in [-0.1, -0.05) is 303 Å². The molecule has 108 heavy (non-hydrogen) atoms. The van der Waals surface area contributed by atoms with Crippen molar-refractivity contribution in [2.45, 2.75) is 0 Å². The zero-order chi connectivity index (χ0) is 70.4. The molecule has 0 saturated carbocycles. The minimum absolute atomic E-state index is 1.22. The molecule has 20 aromatic carbocycles. The van der Waals surface area contributed by atoms with E-state index >= 15 is 0 Å². The van der Waals surface area contributed by atoms with E-state index in [-0.39, 0.29) is 0 Å². The van der Waals surface area contributed by atoms with E-state index in [2.05, 4.69) is 352 Å². The van der Waals surface area contributed by atoms with Gasteiger partial charge in [-0.3, -0.25) is 0 Å². The molecule has 0 spiro atoms. The summed E-state index contributed by atoms with van der Waals surface area (Å²) in [6.45, 7) is 0. The quantitative estimate of drug-likeness (QED) is 0.140. The van der Waals surface area contributed by atoms with Crippen LogP contribution in [0.4, 0.5) is 0 Å². The van der Waals surface area contributed by atoms with Crippen LogP contribution in [0.3, 0.4) is 0 Å². The molecule has 4 heterocycles. The summed E-state index contributed by atoms with van der Waals surface area (Å²) in [6, 6.07) is 133. The van der Waals surface area contributed by atoms with E-state index < -0.39 is 0 Å². The van der Waals surface area contributed by atoms with E-state index in [1.54, 1.807) is 0 Å². The van der Waals surface area contributed by atoms with Crippen molar-refractivity contribution < 1.29 is 0 Å². The first kappa shape index (κ1) is 60.6. The molecule has 24 rings (SSSR count). The second-order valence-corrected chi connectivity index (χ2v) is 33.4. The van der Waals surface area contributed by atoms with Crippen molar-refractivity contribution in [1.82, 2.24) is 0 Å². The minimum Gasteiger partial charge on any atom is -0.135 e. The van der Waals surface area contributed by atoms with Gasteiger partial charge in [0, 0.05) is 80.7 Å². The molecule has 0 aliphatic rings. The van der Waals surface area contributed by atoms with E-state index in [0.29, 0.717) is 0 Å². The van der Waals surface area contributed by atoms with Crippen LogP contribution in [0.1, 0.15) is 0 Å². The Labute approximate surface area is 636 Å². The maximum Gasteiger partial charge on any atom is 0.0448 e. The van der Waals surface area contributed by atoms with Crippen molar-refractivity contribution in [3.05, 3.63) is 352 Å². The summed E-state index contributed by atoms with van der Waals surface area (Å²) in [6.07, 6.45) is 0. The third-order valence-electron chi connectivity index (χ3n) is 23.4. The summed E-state index contributed by atoms with van der Waals surface area (Å²) >= 11 is 7.70. The van der Waals surface area contributed by atoms with Gasteiger partial charge in [0.2, 0.25) is 0 Å². The van der Waals surface area contributed by atoms with Crippen molar-refractivity contribution in [3.8, 4) is 77.9 Å². The van der Waals surface area contributed by atoms with Gasteiger partial charge in [0.25, 0.3) is 0 Å². The third-order valence-corrected chi connectivity index (χ3v) is 28.1. The predicted octanol–water partition coefficient (Wildman–Crippen LogP) is 32.1. The van der Waals surface area contributed by atoms with Crippen molar-refractivity contribution in [2.75, 3.05) is 0 Å². The second kappa shape index (κ2) is 23.4. The van der Waals surface area contributed by atoms with E-state index in [9.17, 15) is 0 Å². The highest BCUT2D eigenvalue weighted by Gasteiger charge is 2.23. The summed E-state index contributed by atoms with van der Waals surface area (Å²) in [5.74, 6) is 0. The summed E-state index contributed by atoms with van der Waals surface area (Å²) < 4.78 is 10.7. The van der Waals surface area contributed by atoms with E-state index in [1.165, 1.54) is 245 Å². The number of fused-ring (bicyclic) bond motifs is 23. The summed E-state index contributed by atoms with van der Waals surface area (Å²) in [5, 5.41) is 31.0. The van der Waals surface area contributed by atoms with Crippen LogP contribution in [0.5, 0.6) is 0 Å². The van der Waals surface area contributed by atoms with Crippen LogP contribution in [0, 0.1) is 0 Å². The first-order valence-corrected chi connectivity index (χ1v) is 40.3. The SMILES string of the molecule is c1ccc2c(-c3c4ccccc4c(-c4ccc(-c5ccc6c(c5)sc5cc7c(cc56)sc5ccc6ccc(-c8ccc9c(ccc%10c%11ccc%12sc%13cc(-c%14ccc(-c%15c%16ccccc%16c(-c%16cccc%17ccccc%16%17)c%16ccccc%15%16)cc%14)ccc%13c%12c%11sc9%10)c8)cc6c57)cc4)c4ccccc34)cccc2c1. The Bertz CT molecular complexity index is 7910. The lowest BCUT2D eigenvalue weighted by Gasteiger charge is -2.19. The van der Waals surface area contributed by atoms with Crippen LogP contribution >= 0.6 is 45.3 Å². The summed E-state index contributed by atoms with van der Waals surface area (Å²) in [7, 11) is 0. The van der Waals surface area contributed by atoms with Gasteiger partial charge in [-0.2, -0.15) is 0 Å². The number of hydrogen-bond donors (Lipinski definition) is 0. The van der Waals surface area contributed by atoms with Crippen molar-refractivity contribution in [2.24, 2.45) is 0 Å². The van der Waals surface area contributed by atoms with Gasteiger partial charge < -0.3 is 0 Å². The van der Waals surface area contributed by atoms with Gasteiger partial charge in [-0.05, 0) is 213 Å². The van der Waals surface area contributed by atoms with Gasteiger partial charge in [-0.25, -0.2) is 0 Å². The zero-order valence-corrected chi connectivity index (χ0v) is 61.4. The largest absolute Gasteiger partial charge is 0.135 e. The van der Waals surface area contributed by atoms with Crippen LogP contribution in [-0.2, 0) is 0 Å². The topological polar surface area (TPSA) is 0 Å². The molecule has 0 fully saturated rings. The van der Waals surface area contributed by atoms with Crippen LogP contribution in [0.2, 0.25) is 0 Å². The maximum absolute atomic E-state index is 2.49. The normalized spacial score (nSPS) is 12.3. The second-order valence-electron chi connectivity index (χ2n) is 29.1. The number of hydrogen-bond acceptors (Lipinski definition) is 4. The van der Waals surface area contributed by atoms with Crippen molar-refractivity contribution >= 4 is 212 Å². The fourth-order valence-corrected chi connectivity index (χ4v) is 23.4. The summed E-state index contributed by atoms with van der Waals surface area (Å²) in [4.78, 5) is 0. The van der Waals surface area contributed by atoms with Crippen LogP contribution in [0.25, 0.3) is 245 Å². The van der Waals surface area contributed by atoms with E-state index in [1.807, 2.05) is 45.3 Å². The van der Waals surface area contributed by atoms with Crippen molar-refractivity contribution in [1.29, 1.82) is 0 Å². The fraction of sp³-hybridized carbons (Fsp3) is 0. The molecule has 0 aliphatic carbocycles. The van der Waals surface area contributed by atoms with Gasteiger partial charge >= 0.3 is 0 Å². The number of benzene rings is 20. The molecule has 0 N–H and O–H groups in total. The van der Waals surface area contributed by atoms with Crippen LogP contribution in [0.15, 0.2) is 352 Å². The molecule has 498 valence electrons. The molecule has 0 saturated heterocycles. The Hall–Kier alpha value is -12.6. The van der Waals surface area contributed by atoms with E-state index in [4.69, 9.17) is 0 Å². The number of rotatable bonds is 7. The monoisotopic (exact) mass is 1430 g/mol. The molecule has 0 aliphatic heterocycles. The minimum atomic E-state index is 1.22. The van der Waals surface area contributed by atoms with Gasteiger partial charge in [0.1, 0.15) is 0 Å². The zero-order valence-electron chi connectivity index (χ0n) is 58.1. The Morgan fingerprint density at radius 2 is 0.491 bits per heavy atom. The highest BCUT2D eigenvalue weighted by molar-refractivity contribution is 7.30. The maximum atomic E-state index is 2.49. The average Bonchev–Trinajstić information content (AvgIpc) is 1.63. The molecule has 24 aromatic rings. The molecule has 0 radical (unpaired) electrons. The molecule has 0 atom stereocenters. The molecule has 0 amide bonds. The van der Waals surface area contributed by atoms with Crippen LogP contribution in [-0.4, -0.2) is 0 Å². The molecule has 4 heteroatoms. The molecule has 4 aromatic heterocycles. The first-order chi connectivity index (χ1) is 53.5. The fourth-order valence-electron chi connectivity index (χ4n) is 18.5. The van der Waals surface area contributed by atoms with Gasteiger partial charge in [0.05, 0.1) is 0 Å². The molecule has 0 bridgehead atoms. The lowest BCUT2D eigenvalue weighted by molar-refractivity contribution is 1.64. The van der Waals surface area contributed by atoms with E-state index in [0.717, 1.165) is 0 Å². The third kappa shape index (κ3) is 9.07. The molecular formula is C104H58S4. The smallest absolute Gasteiger partial charge is 0.0448 e. The summed E-state index contributed by atoms with van der Waals surface area (Å²) in [5.41, 5.74) is 17.5. The Morgan fingerprint density at radius 3 is 1.06 bits per heavy atom. The van der Waals surface area contributed by atoms with Crippen molar-refractivity contribution in [3.63, 3.8) is 0 Å². The lowest BCUT2D eigenvalue weighted by Crippen LogP contribution is -1.91.